The summed E-state index contributed by atoms with van der Waals surface area (Å²) in [4.78, 5) is 0.807. The predicted molar refractivity (Wildman–Crippen MR) is 98.5 cm³/mol. The fraction of sp³-hybridized carbons (Fsp3) is 0.176. The van der Waals surface area contributed by atoms with Crippen molar-refractivity contribution in [3.05, 3.63) is 70.8 Å². The van der Waals surface area contributed by atoms with E-state index in [-0.39, 0.29) is 11.6 Å². The Morgan fingerprint density at radius 3 is 2.00 bits per heavy atom. The lowest BCUT2D eigenvalue weighted by molar-refractivity contribution is 0.626. The highest BCUT2D eigenvalue weighted by molar-refractivity contribution is 7.80. The quantitative estimate of drug-likeness (QED) is 0.822. The van der Waals surface area contributed by atoms with E-state index in [1.54, 1.807) is 25.1 Å². The standard InChI is InChI=1S/C9H10FNS.C8H8FNS/c10-8-4-1-7(2-5-8)3-6-9(11)12;1-5-4-6(9)2-3-7(5)8(10)11/h1-2,4-5H,3,6H2,(H2,11,12);2-4H,1H3,(H2,10,11). The third kappa shape index (κ3) is 7.25. The molecular formula is C17H18F2N2S2. The normalized spacial score (nSPS) is 9.70. The minimum Gasteiger partial charge on any atom is -0.393 e. The monoisotopic (exact) mass is 352 g/mol. The van der Waals surface area contributed by atoms with Gasteiger partial charge in [-0.15, -0.1) is 0 Å². The molecule has 6 heteroatoms. The highest BCUT2D eigenvalue weighted by Gasteiger charge is 2.01. The molecule has 0 saturated carbocycles. The van der Waals surface area contributed by atoms with Crippen molar-refractivity contribution in [3.63, 3.8) is 0 Å². The Morgan fingerprint density at radius 1 is 0.957 bits per heavy atom. The van der Waals surface area contributed by atoms with Crippen LogP contribution in [-0.4, -0.2) is 9.98 Å². The number of rotatable bonds is 4. The molecule has 0 spiro atoms. The van der Waals surface area contributed by atoms with Crippen LogP contribution in [0.3, 0.4) is 0 Å². The molecule has 0 unspecified atom stereocenters. The van der Waals surface area contributed by atoms with Gasteiger partial charge in [-0.1, -0.05) is 36.6 Å². The van der Waals surface area contributed by atoms with Crippen LogP contribution in [0, 0.1) is 18.6 Å². The van der Waals surface area contributed by atoms with E-state index in [0.29, 0.717) is 16.4 Å². The van der Waals surface area contributed by atoms with Gasteiger partial charge in [0.05, 0.1) is 4.99 Å². The zero-order valence-electron chi connectivity index (χ0n) is 12.7. The number of aryl methyl sites for hydroxylation is 2. The first-order valence-electron chi connectivity index (χ1n) is 6.88. The van der Waals surface area contributed by atoms with E-state index in [9.17, 15) is 8.78 Å². The van der Waals surface area contributed by atoms with Gasteiger partial charge < -0.3 is 11.5 Å². The maximum absolute atomic E-state index is 12.5. The van der Waals surface area contributed by atoms with Crippen molar-refractivity contribution in [2.45, 2.75) is 19.8 Å². The molecule has 0 aliphatic rings. The molecule has 4 N–H and O–H groups in total. The average molecular weight is 352 g/mol. The maximum Gasteiger partial charge on any atom is 0.123 e. The Bertz CT molecular complexity index is 685. The van der Waals surface area contributed by atoms with Crippen LogP contribution in [0.25, 0.3) is 0 Å². The van der Waals surface area contributed by atoms with E-state index < -0.39 is 0 Å². The SMILES string of the molecule is Cc1cc(F)ccc1C(N)=S.NC(=S)CCc1ccc(F)cc1. The number of hydrogen-bond acceptors (Lipinski definition) is 2. The Labute approximate surface area is 145 Å². The summed E-state index contributed by atoms with van der Waals surface area (Å²) in [5.41, 5.74) is 13.3. The summed E-state index contributed by atoms with van der Waals surface area (Å²) in [6, 6.07) is 10.7. The number of hydrogen-bond donors (Lipinski definition) is 2. The molecule has 0 heterocycles. The highest BCUT2D eigenvalue weighted by Crippen LogP contribution is 2.09. The molecular weight excluding hydrogens is 334 g/mol. The Morgan fingerprint density at radius 2 is 1.52 bits per heavy atom. The molecule has 0 aliphatic heterocycles. The van der Waals surface area contributed by atoms with Gasteiger partial charge in [0.15, 0.2) is 0 Å². The van der Waals surface area contributed by atoms with Crippen molar-refractivity contribution in [2.24, 2.45) is 11.5 Å². The molecule has 0 fully saturated rings. The van der Waals surface area contributed by atoms with Gasteiger partial charge in [-0.25, -0.2) is 8.78 Å². The number of thiocarbonyl (C=S) groups is 2. The van der Waals surface area contributed by atoms with Crippen LogP contribution >= 0.6 is 24.4 Å². The van der Waals surface area contributed by atoms with Gasteiger partial charge in [0.2, 0.25) is 0 Å². The van der Waals surface area contributed by atoms with E-state index in [4.69, 9.17) is 35.9 Å². The van der Waals surface area contributed by atoms with E-state index >= 15 is 0 Å². The van der Waals surface area contributed by atoms with Crippen LogP contribution in [-0.2, 0) is 6.42 Å². The first kappa shape index (κ1) is 19.1. The van der Waals surface area contributed by atoms with Crippen molar-refractivity contribution >= 4 is 34.4 Å². The minimum absolute atomic E-state index is 0.214. The van der Waals surface area contributed by atoms with Gasteiger partial charge in [-0.05, 0) is 54.8 Å². The van der Waals surface area contributed by atoms with Gasteiger partial charge in [-0.2, -0.15) is 0 Å². The number of benzene rings is 2. The molecule has 122 valence electrons. The molecule has 2 aromatic carbocycles. The van der Waals surface area contributed by atoms with Crippen molar-refractivity contribution in [3.8, 4) is 0 Å². The molecule has 2 aromatic rings. The Hall–Kier alpha value is -1.92. The second kappa shape index (κ2) is 9.27. The topological polar surface area (TPSA) is 52.0 Å². The maximum atomic E-state index is 12.5. The third-order valence-electron chi connectivity index (χ3n) is 3.03. The summed E-state index contributed by atoms with van der Waals surface area (Å²) >= 11 is 9.47. The zero-order valence-corrected chi connectivity index (χ0v) is 14.3. The van der Waals surface area contributed by atoms with Gasteiger partial charge in [0.1, 0.15) is 16.6 Å². The number of nitrogens with two attached hydrogens (primary N) is 2. The summed E-state index contributed by atoms with van der Waals surface area (Å²) in [5, 5.41) is 0. The molecule has 0 saturated heterocycles. The summed E-state index contributed by atoms with van der Waals surface area (Å²) in [6.07, 6.45) is 1.47. The summed E-state index contributed by atoms with van der Waals surface area (Å²) in [7, 11) is 0. The molecule has 0 aromatic heterocycles. The second-order valence-electron chi connectivity index (χ2n) is 4.92. The molecule has 0 bridgehead atoms. The lowest BCUT2D eigenvalue weighted by Crippen LogP contribution is -2.10. The summed E-state index contributed by atoms with van der Waals surface area (Å²) in [6.45, 7) is 1.78. The first-order chi connectivity index (χ1) is 10.8. The van der Waals surface area contributed by atoms with Crippen molar-refractivity contribution in [1.82, 2.24) is 0 Å². The molecule has 0 aliphatic carbocycles. The van der Waals surface area contributed by atoms with Crippen LogP contribution < -0.4 is 11.5 Å². The largest absolute Gasteiger partial charge is 0.393 e. The van der Waals surface area contributed by atoms with Crippen LogP contribution in [0.15, 0.2) is 42.5 Å². The molecule has 0 amide bonds. The fourth-order valence-corrected chi connectivity index (χ4v) is 2.15. The Kier molecular flexibility index (Phi) is 7.71. The van der Waals surface area contributed by atoms with E-state index in [2.05, 4.69) is 0 Å². The predicted octanol–water partition coefficient (Wildman–Crippen LogP) is 3.81. The van der Waals surface area contributed by atoms with Crippen LogP contribution in [0.2, 0.25) is 0 Å². The van der Waals surface area contributed by atoms with Gasteiger partial charge in [0, 0.05) is 12.0 Å². The fourth-order valence-electron chi connectivity index (χ4n) is 1.82. The van der Waals surface area contributed by atoms with Gasteiger partial charge in [-0.3, -0.25) is 0 Å². The van der Waals surface area contributed by atoms with Crippen LogP contribution in [0.1, 0.15) is 23.1 Å². The molecule has 23 heavy (non-hydrogen) atoms. The van der Waals surface area contributed by atoms with Crippen LogP contribution in [0.5, 0.6) is 0 Å². The van der Waals surface area contributed by atoms with Gasteiger partial charge >= 0.3 is 0 Å². The van der Waals surface area contributed by atoms with Crippen molar-refractivity contribution in [2.75, 3.05) is 0 Å². The molecule has 0 atom stereocenters. The molecule has 0 radical (unpaired) electrons. The van der Waals surface area contributed by atoms with E-state index in [0.717, 1.165) is 23.1 Å². The summed E-state index contributed by atoms with van der Waals surface area (Å²) in [5.74, 6) is -0.475. The van der Waals surface area contributed by atoms with E-state index in [1.807, 2.05) is 0 Å². The summed E-state index contributed by atoms with van der Waals surface area (Å²) < 4.78 is 25.0. The minimum atomic E-state index is -0.262. The van der Waals surface area contributed by atoms with Gasteiger partial charge in [0.25, 0.3) is 0 Å². The third-order valence-corrected chi connectivity index (χ3v) is 3.45. The zero-order chi connectivity index (χ0) is 17.4. The smallest absolute Gasteiger partial charge is 0.123 e. The van der Waals surface area contributed by atoms with E-state index in [1.165, 1.54) is 24.3 Å². The number of halogens is 2. The molecule has 2 nitrogen and oxygen atoms in total. The van der Waals surface area contributed by atoms with Crippen molar-refractivity contribution in [1.29, 1.82) is 0 Å². The lowest BCUT2D eigenvalue weighted by Gasteiger charge is -2.01. The first-order valence-corrected chi connectivity index (χ1v) is 7.70. The highest BCUT2D eigenvalue weighted by atomic mass is 32.1. The molecule has 2 rings (SSSR count). The van der Waals surface area contributed by atoms with Crippen molar-refractivity contribution < 1.29 is 8.78 Å². The Balaban J connectivity index is 0.000000231. The van der Waals surface area contributed by atoms with Crippen LogP contribution in [0.4, 0.5) is 8.78 Å². The lowest BCUT2D eigenvalue weighted by atomic mass is 10.1. The second-order valence-corrected chi connectivity index (χ2v) is 5.88. The average Bonchev–Trinajstić information content (AvgIpc) is 2.46.